The highest BCUT2D eigenvalue weighted by Gasteiger charge is 2.20. The fourth-order valence-corrected chi connectivity index (χ4v) is 4.04. The fraction of sp³-hybridized carbons (Fsp3) is 0.115. The molecule has 0 saturated carbocycles. The highest BCUT2D eigenvalue weighted by molar-refractivity contribution is 8.13. The lowest BCUT2D eigenvalue weighted by molar-refractivity contribution is 0.102. The molecule has 3 aromatic carbocycles. The molecule has 0 aliphatic heterocycles. The second kappa shape index (κ2) is 9.75. The molecule has 1 N–H and O–H groups in total. The van der Waals surface area contributed by atoms with Crippen molar-refractivity contribution >= 4 is 28.6 Å². The molecule has 0 saturated heterocycles. The zero-order valence-electron chi connectivity index (χ0n) is 18.6. The first-order valence-electron chi connectivity index (χ1n) is 10.4. The van der Waals surface area contributed by atoms with Crippen molar-refractivity contribution in [1.82, 2.24) is 14.7 Å². The maximum absolute atomic E-state index is 13.4. The molecule has 4 rings (SSSR count). The summed E-state index contributed by atoms with van der Waals surface area (Å²) in [4.78, 5) is 27.7. The number of thioether (sulfide) groups is 1. The molecule has 0 spiro atoms. The van der Waals surface area contributed by atoms with E-state index in [-0.39, 0.29) is 11.1 Å². The summed E-state index contributed by atoms with van der Waals surface area (Å²) in [5, 5.41) is 7.64. The molecule has 0 aliphatic carbocycles. The van der Waals surface area contributed by atoms with E-state index in [2.05, 4.69) is 5.32 Å². The smallest absolute Gasteiger partial charge is 0.285 e. The number of amides is 2. The predicted octanol–water partition coefficient (Wildman–Crippen LogP) is 5.87. The molecule has 4 aromatic rings. The number of aromatic nitrogens is 2. The lowest BCUT2D eigenvalue weighted by Gasteiger charge is -2.11. The molecule has 0 unspecified atom stereocenters. The van der Waals surface area contributed by atoms with E-state index in [1.165, 1.54) is 4.90 Å². The van der Waals surface area contributed by atoms with Crippen LogP contribution in [0.2, 0.25) is 0 Å². The zero-order valence-corrected chi connectivity index (χ0v) is 19.5. The van der Waals surface area contributed by atoms with Gasteiger partial charge in [-0.05, 0) is 54.6 Å². The number of hydrogen-bond donors (Lipinski definition) is 1. The Morgan fingerprint density at radius 2 is 1.67 bits per heavy atom. The Morgan fingerprint density at radius 1 is 0.939 bits per heavy atom. The van der Waals surface area contributed by atoms with E-state index >= 15 is 0 Å². The number of anilines is 1. The van der Waals surface area contributed by atoms with Crippen LogP contribution in [0.15, 0.2) is 90.0 Å². The maximum atomic E-state index is 13.4. The van der Waals surface area contributed by atoms with Gasteiger partial charge in [-0.3, -0.25) is 9.59 Å². The number of para-hydroxylation sites is 1. The Labute approximate surface area is 197 Å². The van der Waals surface area contributed by atoms with Gasteiger partial charge in [-0.1, -0.05) is 48.5 Å². The lowest BCUT2D eigenvalue weighted by atomic mass is 10.0. The number of benzene rings is 3. The number of hydrogen-bond acceptors (Lipinski definition) is 4. The molecule has 1 aromatic heterocycles. The Balaban J connectivity index is 1.68. The summed E-state index contributed by atoms with van der Waals surface area (Å²) in [6.07, 6.45) is 1.75. The first-order chi connectivity index (χ1) is 15.9. The van der Waals surface area contributed by atoms with Gasteiger partial charge in [0.05, 0.1) is 11.3 Å². The summed E-state index contributed by atoms with van der Waals surface area (Å²) in [7, 11) is 3.41. The van der Waals surface area contributed by atoms with E-state index in [4.69, 9.17) is 5.10 Å². The summed E-state index contributed by atoms with van der Waals surface area (Å²) in [6, 6.07) is 24.8. The Kier molecular flexibility index (Phi) is 6.60. The third-order valence-electron chi connectivity index (χ3n) is 5.04. The predicted molar refractivity (Wildman–Crippen MR) is 133 cm³/mol. The van der Waals surface area contributed by atoms with E-state index in [1.54, 1.807) is 37.1 Å². The maximum Gasteiger partial charge on any atom is 0.285 e. The van der Waals surface area contributed by atoms with Gasteiger partial charge in [0.25, 0.3) is 11.1 Å². The van der Waals surface area contributed by atoms with Gasteiger partial charge in [0.1, 0.15) is 5.69 Å². The van der Waals surface area contributed by atoms with Crippen LogP contribution in [-0.4, -0.2) is 39.9 Å². The van der Waals surface area contributed by atoms with Crippen molar-refractivity contribution < 1.29 is 9.59 Å². The van der Waals surface area contributed by atoms with E-state index in [1.807, 2.05) is 73.7 Å². The molecular weight excluding hydrogens is 432 g/mol. The van der Waals surface area contributed by atoms with Gasteiger partial charge in [0, 0.05) is 36.4 Å². The van der Waals surface area contributed by atoms with Crippen molar-refractivity contribution in [3.05, 3.63) is 96.2 Å². The van der Waals surface area contributed by atoms with Crippen LogP contribution < -0.4 is 5.32 Å². The third-order valence-corrected chi connectivity index (χ3v) is 6.07. The second-order valence-corrected chi connectivity index (χ2v) is 8.76. The quantitative estimate of drug-likeness (QED) is 0.381. The molecule has 2 amide bonds. The largest absolute Gasteiger partial charge is 0.339 e. The minimum atomic E-state index is -0.267. The topological polar surface area (TPSA) is 67.2 Å². The monoisotopic (exact) mass is 456 g/mol. The van der Waals surface area contributed by atoms with Crippen LogP contribution in [0.3, 0.4) is 0 Å². The minimum absolute atomic E-state index is 0.0792. The average molecular weight is 457 g/mol. The molecule has 1 heterocycles. The van der Waals surface area contributed by atoms with Crippen LogP contribution >= 0.6 is 11.8 Å². The van der Waals surface area contributed by atoms with Gasteiger partial charge >= 0.3 is 0 Å². The average Bonchev–Trinajstić information content (AvgIpc) is 3.25. The van der Waals surface area contributed by atoms with Crippen molar-refractivity contribution in [2.24, 2.45) is 0 Å². The van der Waals surface area contributed by atoms with Crippen molar-refractivity contribution in [2.45, 2.75) is 11.8 Å². The molecule has 166 valence electrons. The summed E-state index contributed by atoms with van der Waals surface area (Å²) < 4.78 is 1.72. The fourth-order valence-electron chi connectivity index (χ4n) is 3.32. The molecule has 0 bridgehead atoms. The van der Waals surface area contributed by atoms with Crippen LogP contribution in [0.25, 0.3) is 16.9 Å². The van der Waals surface area contributed by atoms with Crippen molar-refractivity contribution in [2.75, 3.05) is 19.4 Å². The molecule has 33 heavy (non-hydrogen) atoms. The van der Waals surface area contributed by atoms with Crippen LogP contribution in [0.5, 0.6) is 0 Å². The molecule has 0 radical (unpaired) electrons. The van der Waals surface area contributed by atoms with Gasteiger partial charge in [-0.15, -0.1) is 0 Å². The van der Waals surface area contributed by atoms with Crippen LogP contribution in [0.1, 0.15) is 15.9 Å². The SMILES string of the molecule is Cc1ccccc1-c1nn(-c2ccccc2)cc1C(=O)Nc1cccc(SC(=O)N(C)C)c1. The normalized spacial score (nSPS) is 10.6. The van der Waals surface area contributed by atoms with Crippen molar-refractivity contribution in [3.8, 4) is 16.9 Å². The number of rotatable bonds is 5. The first kappa shape index (κ1) is 22.4. The molecule has 6 nitrogen and oxygen atoms in total. The van der Waals surface area contributed by atoms with Gasteiger partial charge in [-0.2, -0.15) is 5.10 Å². The summed E-state index contributed by atoms with van der Waals surface area (Å²) in [5.74, 6) is -0.267. The van der Waals surface area contributed by atoms with E-state index in [9.17, 15) is 9.59 Å². The van der Waals surface area contributed by atoms with Gasteiger partial charge in [-0.25, -0.2) is 4.68 Å². The zero-order chi connectivity index (χ0) is 23.4. The third kappa shape index (κ3) is 5.15. The Hall–Kier alpha value is -3.84. The molecule has 0 aliphatic rings. The van der Waals surface area contributed by atoms with Crippen LogP contribution in [0, 0.1) is 6.92 Å². The van der Waals surface area contributed by atoms with E-state index in [0.717, 1.165) is 33.5 Å². The number of aryl methyl sites for hydroxylation is 1. The highest BCUT2D eigenvalue weighted by Crippen LogP contribution is 2.28. The van der Waals surface area contributed by atoms with E-state index in [0.29, 0.717) is 16.9 Å². The number of nitrogens with zero attached hydrogens (tertiary/aromatic N) is 3. The van der Waals surface area contributed by atoms with Gasteiger partial charge in [0.15, 0.2) is 0 Å². The Bertz CT molecular complexity index is 1300. The van der Waals surface area contributed by atoms with Crippen LogP contribution in [0.4, 0.5) is 10.5 Å². The molecule has 0 atom stereocenters. The van der Waals surface area contributed by atoms with Crippen molar-refractivity contribution in [1.29, 1.82) is 0 Å². The number of carbonyl (C=O) groups excluding carboxylic acids is 2. The summed E-state index contributed by atoms with van der Waals surface area (Å²) in [5.41, 5.74) is 4.49. The lowest BCUT2D eigenvalue weighted by Crippen LogP contribution is -2.16. The molecule has 7 heteroatoms. The van der Waals surface area contributed by atoms with Crippen LogP contribution in [-0.2, 0) is 0 Å². The minimum Gasteiger partial charge on any atom is -0.339 e. The second-order valence-electron chi connectivity index (χ2n) is 7.73. The van der Waals surface area contributed by atoms with Crippen molar-refractivity contribution in [3.63, 3.8) is 0 Å². The Morgan fingerprint density at radius 3 is 2.39 bits per heavy atom. The van der Waals surface area contributed by atoms with E-state index < -0.39 is 0 Å². The summed E-state index contributed by atoms with van der Waals surface area (Å²) >= 11 is 1.11. The highest BCUT2D eigenvalue weighted by atomic mass is 32.2. The summed E-state index contributed by atoms with van der Waals surface area (Å²) in [6.45, 7) is 2.00. The number of nitrogens with one attached hydrogen (secondary N) is 1. The molecular formula is C26H24N4O2S. The first-order valence-corrected chi connectivity index (χ1v) is 11.3. The standard InChI is InChI=1S/C26H24N4O2S/c1-18-10-7-8-15-22(18)24-23(17-30(28-24)20-12-5-4-6-13-20)25(31)27-19-11-9-14-21(16-19)33-26(32)29(2)3/h4-17H,1-3H3,(H,27,31). The van der Waals surface area contributed by atoms with Gasteiger partial charge in [0.2, 0.25) is 0 Å². The van der Waals surface area contributed by atoms with Gasteiger partial charge < -0.3 is 10.2 Å². The number of carbonyl (C=O) groups is 2. The molecule has 0 fully saturated rings.